The lowest BCUT2D eigenvalue weighted by Gasteiger charge is -2.28. The molecule has 0 aliphatic carbocycles. The highest BCUT2D eigenvalue weighted by Crippen LogP contribution is 2.36. The van der Waals surface area contributed by atoms with Gasteiger partial charge in [-0.3, -0.25) is 0 Å². The van der Waals surface area contributed by atoms with Gasteiger partial charge < -0.3 is 14.0 Å². The van der Waals surface area contributed by atoms with Crippen LogP contribution < -0.4 is 4.74 Å². The van der Waals surface area contributed by atoms with Crippen LogP contribution in [0.1, 0.15) is 23.0 Å². The summed E-state index contributed by atoms with van der Waals surface area (Å²) < 4.78 is 51.5. The quantitative estimate of drug-likeness (QED) is 0.712. The Balaban J connectivity index is 1.89. The molecule has 7 heteroatoms. The maximum absolute atomic E-state index is 13.9. The van der Waals surface area contributed by atoms with Gasteiger partial charge in [0.05, 0.1) is 23.7 Å². The molecule has 0 bridgehead atoms. The highest BCUT2D eigenvalue weighted by atomic mass is 19.3. The molecule has 0 amide bonds. The molecule has 0 radical (unpaired) electrons. The lowest BCUT2D eigenvalue weighted by atomic mass is 10.0. The minimum atomic E-state index is -2.92. The van der Waals surface area contributed by atoms with Crippen LogP contribution in [0.25, 0.3) is 11.0 Å². The lowest BCUT2D eigenvalue weighted by Crippen LogP contribution is -2.25. The first-order valence-electron chi connectivity index (χ1n) is 7.83. The summed E-state index contributed by atoms with van der Waals surface area (Å²) in [4.78, 5) is 4.43. The van der Waals surface area contributed by atoms with E-state index in [1.807, 2.05) is 4.57 Å². The van der Waals surface area contributed by atoms with Crippen LogP contribution in [0.5, 0.6) is 5.75 Å². The molecular formula is C18H15F3N2O2. The monoisotopic (exact) mass is 348 g/mol. The Labute approximate surface area is 141 Å². The molecule has 25 heavy (non-hydrogen) atoms. The highest BCUT2D eigenvalue weighted by Gasteiger charge is 2.28. The smallest absolute Gasteiger partial charge is 0.387 e. The molecule has 1 aliphatic rings. The van der Waals surface area contributed by atoms with Gasteiger partial charge in [-0.25, -0.2) is 9.37 Å². The molecule has 1 atom stereocenters. The number of hydrogen-bond acceptors (Lipinski definition) is 3. The third-order valence-corrected chi connectivity index (χ3v) is 4.36. The summed E-state index contributed by atoms with van der Waals surface area (Å²) in [5.74, 6) is 0.393. The molecule has 0 fully saturated rings. The summed E-state index contributed by atoms with van der Waals surface area (Å²) in [5, 5.41) is 0. The Kier molecular flexibility index (Phi) is 3.88. The van der Waals surface area contributed by atoms with Crippen LogP contribution in [-0.4, -0.2) is 22.8 Å². The fourth-order valence-corrected chi connectivity index (χ4v) is 3.24. The van der Waals surface area contributed by atoms with Gasteiger partial charge in [-0.2, -0.15) is 8.78 Å². The summed E-state index contributed by atoms with van der Waals surface area (Å²) in [5.41, 5.74) is 2.33. The van der Waals surface area contributed by atoms with Crippen molar-refractivity contribution >= 4 is 11.0 Å². The summed E-state index contributed by atoms with van der Waals surface area (Å²) in [7, 11) is 0. The average molecular weight is 348 g/mol. The van der Waals surface area contributed by atoms with Gasteiger partial charge in [0, 0.05) is 11.6 Å². The van der Waals surface area contributed by atoms with Crippen molar-refractivity contribution in [2.45, 2.75) is 26.2 Å². The van der Waals surface area contributed by atoms with E-state index in [9.17, 15) is 13.2 Å². The number of aromatic nitrogens is 2. The number of benzene rings is 2. The van der Waals surface area contributed by atoms with E-state index >= 15 is 0 Å². The zero-order valence-electron chi connectivity index (χ0n) is 13.4. The van der Waals surface area contributed by atoms with E-state index in [2.05, 4.69) is 9.72 Å². The number of alkyl halides is 2. The first-order chi connectivity index (χ1) is 12.0. The fourth-order valence-electron chi connectivity index (χ4n) is 3.24. The van der Waals surface area contributed by atoms with Gasteiger partial charge in [0.2, 0.25) is 0 Å². The number of halogens is 3. The van der Waals surface area contributed by atoms with Gasteiger partial charge in [0.1, 0.15) is 24.0 Å². The van der Waals surface area contributed by atoms with Crippen molar-refractivity contribution in [2.24, 2.45) is 0 Å². The maximum atomic E-state index is 13.9. The van der Waals surface area contributed by atoms with E-state index in [-0.39, 0.29) is 24.2 Å². The zero-order chi connectivity index (χ0) is 17.6. The van der Waals surface area contributed by atoms with Gasteiger partial charge in [-0.15, -0.1) is 0 Å². The van der Waals surface area contributed by atoms with E-state index in [0.717, 1.165) is 5.52 Å². The first kappa shape index (κ1) is 16.0. The Morgan fingerprint density at radius 1 is 1.28 bits per heavy atom. The van der Waals surface area contributed by atoms with Crippen LogP contribution in [0.2, 0.25) is 0 Å². The minimum Gasteiger partial charge on any atom is -0.434 e. The number of para-hydroxylation sites is 1. The number of rotatable bonds is 3. The summed E-state index contributed by atoms with van der Waals surface area (Å²) in [6, 6.07) is 9.34. The molecule has 0 saturated heterocycles. The zero-order valence-corrected chi connectivity index (χ0v) is 13.4. The number of aryl methyl sites for hydroxylation is 1. The van der Waals surface area contributed by atoms with Crippen LogP contribution in [0.4, 0.5) is 13.2 Å². The Morgan fingerprint density at radius 3 is 2.88 bits per heavy atom. The molecule has 4 nitrogen and oxygen atoms in total. The van der Waals surface area contributed by atoms with E-state index in [1.165, 1.54) is 12.1 Å². The van der Waals surface area contributed by atoms with Crippen molar-refractivity contribution < 1.29 is 22.6 Å². The van der Waals surface area contributed by atoms with Crippen LogP contribution in [0, 0.1) is 12.7 Å². The van der Waals surface area contributed by atoms with Gasteiger partial charge in [0.15, 0.2) is 0 Å². The molecule has 2 heterocycles. The third kappa shape index (κ3) is 2.74. The molecule has 0 unspecified atom stereocenters. The molecule has 2 aromatic carbocycles. The summed E-state index contributed by atoms with van der Waals surface area (Å²) >= 11 is 0. The van der Waals surface area contributed by atoms with Gasteiger partial charge >= 0.3 is 6.61 Å². The predicted molar refractivity (Wildman–Crippen MR) is 85.3 cm³/mol. The molecule has 130 valence electrons. The van der Waals surface area contributed by atoms with Gasteiger partial charge in [-0.1, -0.05) is 18.2 Å². The standard InChI is InChI=1S/C18H15F3N2O2/c1-10-6-14-13(7-12(10)19)22-17-9-24-8-15(23(14)17)11-4-2-3-5-16(11)25-18(20)21/h2-7,15,18H,8-9H2,1H3/t15-/m1/s1. The van der Waals surface area contributed by atoms with Crippen molar-refractivity contribution in [3.63, 3.8) is 0 Å². The lowest BCUT2D eigenvalue weighted by molar-refractivity contribution is -0.0512. The second-order valence-electron chi connectivity index (χ2n) is 5.94. The Bertz CT molecular complexity index is 939. The van der Waals surface area contributed by atoms with Gasteiger partial charge in [0.25, 0.3) is 0 Å². The Hall–Kier alpha value is -2.54. The largest absolute Gasteiger partial charge is 0.434 e. The molecular weight excluding hydrogens is 333 g/mol. The predicted octanol–water partition coefficient (Wildman–Crippen LogP) is 4.20. The second-order valence-corrected chi connectivity index (χ2v) is 5.94. The van der Waals surface area contributed by atoms with Crippen LogP contribution in [-0.2, 0) is 11.3 Å². The Morgan fingerprint density at radius 2 is 2.08 bits per heavy atom. The molecule has 0 spiro atoms. The van der Waals surface area contributed by atoms with E-state index in [1.54, 1.807) is 31.2 Å². The van der Waals surface area contributed by atoms with Gasteiger partial charge in [-0.05, 0) is 24.6 Å². The number of fused-ring (bicyclic) bond motifs is 3. The fraction of sp³-hybridized carbons (Fsp3) is 0.278. The number of hydrogen-bond donors (Lipinski definition) is 0. The normalized spacial score (nSPS) is 17.1. The van der Waals surface area contributed by atoms with Crippen molar-refractivity contribution in [3.05, 3.63) is 59.2 Å². The van der Waals surface area contributed by atoms with Crippen molar-refractivity contribution in [2.75, 3.05) is 6.61 Å². The molecule has 1 aliphatic heterocycles. The van der Waals surface area contributed by atoms with Crippen molar-refractivity contribution in [1.29, 1.82) is 0 Å². The van der Waals surface area contributed by atoms with Crippen molar-refractivity contribution in [1.82, 2.24) is 9.55 Å². The molecule has 0 N–H and O–H groups in total. The van der Waals surface area contributed by atoms with Crippen molar-refractivity contribution in [3.8, 4) is 5.75 Å². The van der Waals surface area contributed by atoms with Crippen LogP contribution in [0.3, 0.4) is 0 Å². The van der Waals surface area contributed by atoms with Crippen LogP contribution in [0.15, 0.2) is 36.4 Å². The van der Waals surface area contributed by atoms with Crippen LogP contribution >= 0.6 is 0 Å². The molecule has 3 aromatic rings. The SMILES string of the molecule is Cc1cc2c(cc1F)nc1n2[C@@H](c2ccccc2OC(F)F)COC1. The maximum Gasteiger partial charge on any atom is 0.387 e. The number of imidazole rings is 1. The highest BCUT2D eigenvalue weighted by molar-refractivity contribution is 5.77. The second kappa shape index (κ2) is 6.07. The van der Waals surface area contributed by atoms with E-state index in [0.29, 0.717) is 29.1 Å². The average Bonchev–Trinajstić information content (AvgIpc) is 2.93. The summed E-state index contributed by atoms with van der Waals surface area (Å²) in [6.07, 6.45) is 0. The molecule has 4 rings (SSSR count). The molecule has 1 aromatic heterocycles. The number of nitrogens with zero attached hydrogens (tertiary/aromatic N) is 2. The van der Waals surface area contributed by atoms with E-state index < -0.39 is 6.61 Å². The summed E-state index contributed by atoms with van der Waals surface area (Å²) in [6.45, 7) is -0.667. The first-order valence-corrected chi connectivity index (χ1v) is 7.83. The molecule has 0 saturated carbocycles. The minimum absolute atomic E-state index is 0.0969. The topological polar surface area (TPSA) is 36.3 Å². The number of ether oxygens (including phenoxy) is 2. The third-order valence-electron chi connectivity index (χ3n) is 4.36. The van der Waals surface area contributed by atoms with E-state index in [4.69, 9.17) is 4.74 Å².